The average molecular weight is 391 g/mol. The van der Waals surface area contributed by atoms with Crippen LogP contribution in [0.15, 0.2) is 24.5 Å². The van der Waals surface area contributed by atoms with Gasteiger partial charge in [0, 0.05) is 5.56 Å². The van der Waals surface area contributed by atoms with Gasteiger partial charge in [-0.05, 0) is 18.2 Å². The van der Waals surface area contributed by atoms with Crippen molar-refractivity contribution in [2.24, 2.45) is 0 Å². The summed E-state index contributed by atoms with van der Waals surface area (Å²) in [5, 5.41) is 15.0. The van der Waals surface area contributed by atoms with Gasteiger partial charge in [-0.1, -0.05) is 11.3 Å². The molecule has 3 aromatic rings. The summed E-state index contributed by atoms with van der Waals surface area (Å²) in [6, 6.07) is 5.98. The van der Waals surface area contributed by atoms with Gasteiger partial charge in [-0.25, -0.2) is 4.98 Å². The fraction of sp³-hybridized carbons (Fsp3) is 0.444. The van der Waals surface area contributed by atoms with E-state index in [2.05, 4.69) is 23.2 Å². The summed E-state index contributed by atoms with van der Waals surface area (Å²) in [6.45, 7) is 4.25. The van der Waals surface area contributed by atoms with Crippen LogP contribution in [0.5, 0.6) is 17.4 Å². The van der Waals surface area contributed by atoms with Crippen molar-refractivity contribution in [1.29, 1.82) is 0 Å². The van der Waals surface area contributed by atoms with Gasteiger partial charge in [0.15, 0.2) is 17.5 Å². The molecule has 0 aliphatic carbocycles. The standard InChI is InChI=1S/C18H23N5O3S/c1-21-6-8-22(9-7-21)15(12-4-5-13(25-2)14(10-12)26-3)16-17(24)23-18(27-16)19-11-20-23/h4-5,10-11,15,24H,6-9H2,1-3H3/p+2/t15-/m0/s1. The third-order valence-electron chi connectivity index (χ3n) is 5.30. The van der Waals surface area contributed by atoms with Crippen molar-refractivity contribution in [2.75, 3.05) is 47.4 Å². The van der Waals surface area contributed by atoms with Gasteiger partial charge >= 0.3 is 0 Å². The second-order valence-electron chi connectivity index (χ2n) is 6.91. The topological polar surface area (TPSA) is 77.8 Å². The summed E-state index contributed by atoms with van der Waals surface area (Å²) in [5.74, 6) is 1.56. The maximum atomic E-state index is 10.8. The van der Waals surface area contributed by atoms with Crippen LogP contribution in [0.2, 0.25) is 0 Å². The summed E-state index contributed by atoms with van der Waals surface area (Å²) in [4.78, 5) is 8.79. The molecular weight excluding hydrogens is 366 g/mol. The first kappa shape index (κ1) is 18.0. The van der Waals surface area contributed by atoms with Crippen LogP contribution in [0.1, 0.15) is 16.5 Å². The minimum atomic E-state index is -0.00796. The quantitative estimate of drug-likeness (QED) is 0.521. The number of quaternary nitrogens is 2. The molecule has 0 bridgehead atoms. The van der Waals surface area contributed by atoms with Crippen LogP contribution >= 0.6 is 11.3 Å². The highest BCUT2D eigenvalue weighted by Crippen LogP contribution is 2.37. The van der Waals surface area contributed by atoms with Crippen molar-refractivity contribution >= 4 is 16.3 Å². The Morgan fingerprint density at radius 3 is 2.56 bits per heavy atom. The lowest BCUT2D eigenvalue weighted by molar-refractivity contribution is -1.02. The fourth-order valence-electron chi connectivity index (χ4n) is 3.77. The lowest BCUT2D eigenvalue weighted by Crippen LogP contribution is -3.27. The molecule has 0 radical (unpaired) electrons. The maximum Gasteiger partial charge on any atom is 0.235 e. The zero-order chi connectivity index (χ0) is 19.0. The molecule has 3 N–H and O–H groups in total. The fourth-order valence-corrected chi connectivity index (χ4v) is 4.89. The molecule has 8 nitrogen and oxygen atoms in total. The van der Waals surface area contributed by atoms with Crippen LogP contribution < -0.4 is 19.3 Å². The zero-order valence-corrected chi connectivity index (χ0v) is 16.5. The first-order valence-electron chi connectivity index (χ1n) is 9.01. The lowest BCUT2D eigenvalue weighted by Gasteiger charge is -2.33. The Morgan fingerprint density at radius 2 is 1.89 bits per heavy atom. The van der Waals surface area contributed by atoms with E-state index in [1.165, 1.54) is 32.0 Å². The molecule has 2 aromatic heterocycles. The van der Waals surface area contributed by atoms with E-state index in [1.807, 2.05) is 12.1 Å². The number of aromatic nitrogens is 3. The van der Waals surface area contributed by atoms with Gasteiger partial charge in [0.1, 0.15) is 37.4 Å². The number of thiazole rings is 1. The van der Waals surface area contributed by atoms with Crippen LogP contribution in [0, 0.1) is 0 Å². The predicted octanol–water partition coefficient (Wildman–Crippen LogP) is -0.984. The van der Waals surface area contributed by atoms with Crippen LogP contribution in [0.25, 0.3) is 4.96 Å². The molecule has 144 valence electrons. The lowest BCUT2D eigenvalue weighted by atomic mass is 10.0. The minimum absolute atomic E-state index is 0.00796. The molecule has 1 aliphatic rings. The van der Waals surface area contributed by atoms with Crippen LogP contribution in [0.4, 0.5) is 0 Å². The summed E-state index contributed by atoms with van der Waals surface area (Å²) in [7, 11) is 5.50. The number of hydrogen-bond donors (Lipinski definition) is 3. The monoisotopic (exact) mass is 391 g/mol. The highest BCUT2D eigenvalue weighted by Gasteiger charge is 2.35. The van der Waals surface area contributed by atoms with E-state index in [0.717, 1.165) is 36.6 Å². The van der Waals surface area contributed by atoms with Gasteiger partial charge in [-0.2, -0.15) is 9.61 Å². The van der Waals surface area contributed by atoms with Crippen molar-refractivity contribution in [3.05, 3.63) is 35.0 Å². The van der Waals surface area contributed by atoms with Gasteiger partial charge in [-0.3, -0.25) is 0 Å². The van der Waals surface area contributed by atoms with E-state index in [-0.39, 0.29) is 11.9 Å². The van der Waals surface area contributed by atoms with Crippen molar-refractivity contribution < 1.29 is 24.4 Å². The van der Waals surface area contributed by atoms with Crippen LogP contribution in [-0.4, -0.2) is 67.2 Å². The van der Waals surface area contributed by atoms with E-state index in [9.17, 15) is 5.11 Å². The van der Waals surface area contributed by atoms with Crippen molar-refractivity contribution in [2.45, 2.75) is 6.04 Å². The number of aromatic hydroxyl groups is 1. The molecule has 1 aliphatic heterocycles. The Balaban J connectivity index is 1.81. The van der Waals surface area contributed by atoms with Gasteiger partial charge in [0.25, 0.3) is 0 Å². The maximum absolute atomic E-state index is 10.8. The number of fused-ring (bicyclic) bond motifs is 1. The Kier molecular flexibility index (Phi) is 4.90. The number of methoxy groups -OCH3 is 2. The molecule has 1 atom stereocenters. The molecule has 0 amide bonds. The number of hydrogen-bond acceptors (Lipinski definition) is 6. The summed E-state index contributed by atoms with van der Waals surface area (Å²) < 4.78 is 12.4. The van der Waals surface area contributed by atoms with Gasteiger partial charge < -0.3 is 24.4 Å². The zero-order valence-electron chi connectivity index (χ0n) is 15.7. The summed E-state index contributed by atoms with van der Waals surface area (Å²) in [6.07, 6.45) is 1.47. The van der Waals surface area contributed by atoms with Gasteiger partial charge in [-0.15, -0.1) is 0 Å². The molecule has 27 heavy (non-hydrogen) atoms. The van der Waals surface area contributed by atoms with E-state index in [4.69, 9.17) is 9.47 Å². The number of benzene rings is 1. The van der Waals surface area contributed by atoms with E-state index in [1.54, 1.807) is 14.2 Å². The molecule has 0 unspecified atom stereocenters. The highest BCUT2D eigenvalue weighted by atomic mass is 32.1. The molecule has 1 fully saturated rings. The first-order valence-corrected chi connectivity index (χ1v) is 9.83. The Hall–Kier alpha value is -2.36. The molecule has 3 heterocycles. The predicted molar refractivity (Wildman–Crippen MR) is 101 cm³/mol. The van der Waals surface area contributed by atoms with Gasteiger partial charge in [0.05, 0.1) is 21.3 Å². The summed E-state index contributed by atoms with van der Waals surface area (Å²) in [5.41, 5.74) is 1.09. The summed E-state index contributed by atoms with van der Waals surface area (Å²) >= 11 is 1.49. The van der Waals surface area contributed by atoms with Crippen molar-refractivity contribution in [3.63, 3.8) is 0 Å². The molecule has 1 saturated heterocycles. The molecule has 9 heteroatoms. The largest absolute Gasteiger partial charge is 0.493 e. The number of likely N-dealkylation sites (N-methyl/N-ethyl adjacent to an activating group) is 1. The Labute approximate surface area is 161 Å². The number of piperazine rings is 1. The van der Waals surface area contributed by atoms with Crippen molar-refractivity contribution in [1.82, 2.24) is 14.6 Å². The Morgan fingerprint density at radius 1 is 1.15 bits per heavy atom. The van der Waals surface area contributed by atoms with E-state index in [0.29, 0.717) is 16.5 Å². The average Bonchev–Trinajstić information content (AvgIpc) is 3.27. The SMILES string of the molecule is COc1ccc([C@@H](c2sc3ncnn3c2O)[NH+]2CC[NH+](C)CC2)cc1OC. The van der Waals surface area contributed by atoms with Gasteiger partial charge in [0.2, 0.25) is 10.8 Å². The molecule has 4 rings (SSSR count). The van der Waals surface area contributed by atoms with E-state index >= 15 is 0 Å². The second kappa shape index (κ2) is 7.34. The minimum Gasteiger partial charge on any atom is -0.493 e. The third-order valence-corrected chi connectivity index (χ3v) is 6.39. The molecule has 0 spiro atoms. The molecular formula is C18H25N5O3S+2. The highest BCUT2D eigenvalue weighted by molar-refractivity contribution is 7.17. The normalized spacial score (nSPS) is 21.3. The number of nitrogens with zero attached hydrogens (tertiary/aromatic N) is 3. The van der Waals surface area contributed by atoms with Crippen molar-refractivity contribution in [3.8, 4) is 17.4 Å². The number of rotatable bonds is 5. The Bertz CT molecular complexity index is 932. The number of ether oxygens (including phenoxy) is 2. The van der Waals surface area contributed by atoms with Crippen LogP contribution in [0.3, 0.4) is 0 Å². The molecule has 1 aromatic carbocycles. The number of nitrogens with one attached hydrogen (secondary N) is 2. The van der Waals surface area contributed by atoms with E-state index < -0.39 is 0 Å². The first-order chi connectivity index (χ1) is 13.1. The second-order valence-corrected chi connectivity index (χ2v) is 7.92. The smallest absolute Gasteiger partial charge is 0.235 e. The third kappa shape index (κ3) is 3.22. The van der Waals surface area contributed by atoms with Crippen LogP contribution in [-0.2, 0) is 0 Å². The molecule has 0 saturated carbocycles.